The van der Waals surface area contributed by atoms with Crippen LogP contribution in [-0.2, 0) is 0 Å². The van der Waals surface area contributed by atoms with Crippen LogP contribution in [0, 0.1) is 17.0 Å². The third-order valence-electron chi connectivity index (χ3n) is 2.30. The fourth-order valence-corrected chi connectivity index (χ4v) is 2.33. The molecule has 0 saturated carbocycles. The van der Waals surface area contributed by atoms with Crippen molar-refractivity contribution in [3.05, 3.63) is 29.3 Å². The summed E-state index contributed by atoms with van der Waals surface area (Å²) in [4.78, 5) is 0.0195. The van der Waals surface area contributed by atoms with Gasteiger partial charge in [-0.05, 0) is 24.3 Å². The summed E-state index contributed by atoms with van der Waals surface area (Å²) >= 11 is 1.17. The quantitative estimate of drug-likeness (QED) is 0.355. The second kappa shape index (κ2) is 6.59. The van der Waals surface area contributed by atoms with E-state index in [-0.39, 0.29) is 16.3 Å². The van der Waals surface area contributed by atoms with Crippen LogP contribution in [0.25, 0.3) is 0 Å². The number of hydrogen-bond donors (Lipinski definition) is 2. The zero-order chi connectivity index (χ0) is 12.8. The van der Waals surface area contributed by atoms with E-state index in [1.807, 2.05) is 0 Å². The summed E-state index contributed by atoms with van der Waals surface area (Å²) in [7, 11) is 0. The first kappa shape index (κ1) is 14.0. The Labute approximate surface area is 104 Å². The Hall–Kier alpha value is -1.10. The van der Waals surface area contributed by atoms with E-state index >= 15 is 0 Å². The monoisotopic (exact) mass is 258 g/mol. The number of rotatable bonds is 6. The summed E-state index contributed by atoms with van der Waals surface area (Å²) in [6.45, 7) is 2.08. The Morgan fingerprint density at radius 2 is 1.88 bits per heavy atom. The summed E-state index contributed by atoms with van der Waals surface area (Å²) in [6, 6.07) is 2.21. The molecule has 2 nitrogen and oxygen atoms in total. The summed E-state index contributed by atoms with van der Waals surface area (Å²) in [5, 5.41) is 7.13. The molecular formula is C12H16F2N2S. The minimum atomic E-state index is -0.642. The van der Waals surface area contributed by atoms with E-state index in [2.05, 4.69) is 6.92 Å². The zero-order valence-corrected chi connectivity index (χ0v) is 10.5. The summed E-state index contributed by atoms with van der Waals surface area (Å²) < 4.78 is 27.1. The van der Waals surface area contributed by atoms with Gasteiger partial charge in [0.05, 0.1) is 4.90 Å². The van der Waals surface area contributed by atoms with E-state index in [0.29, 0.717) is 5.75 Å². The number of nitrogen functional groups attached to an aromatic ring is 1. The highest BCUT2D eigenvalue weighted by atomic mass is 32.2. The number of halogens is 2. The molecule has 3 N–H and O–H groups in total. The highest BCUT2D eigenvalue weighted by Gasteiger charge is 2.12. The number of hydrogen-bond acceptors (Lipinski definition) is 2. The van der Waals surface area contributed by atoms with Gasteiger partial charge in [-0.2, -0.15) is 0 Å². The number of amidine groups is 1. The third-order valence-corrected chi connectivity index (χ3v) is 3.48. The van der Waals surface area contributed by atoms with Gasteiger partial charge in [0, 0.05) is 5.56 Å². The molecule has 0 amide bonds. The highest BCUT2D eigenvalue weighted by molar-refractivity contribution is 7.99. The van der Waals surface area contributed by atoms with Crippen LogP contribution in [0.1, 0.15) is 31.7 Å². The standard InChI is InChI=1S/C12H16F2N2S/c1-2-3-4-5-17-11-9(13)6-8(12(15)16)7-10(11)14/h6-7H,2-5H2,1H3,(H3,15,16). The number of thioether (sulfide) groups is 1. The average Bonchev–Trinajstić information content (AvgIpc) is 2.26. The molecule has 0 unspecified atom stereocenters. The topological polar surface area (TPSA) is 49.9 Å². The van der Waals surface area contributed by atoms with Crippen molar-refractivity contribution in [2.45, 2.75) is 31.1 Å². The first-order valence-corrected chi connectivity index (χ1v) is 6.51. The van der Waals surface area contributed by atoms with Crippen molar-refractivity contribution in [3.63, 3.8) is 0 Å². The predicted molar refractivity (Wildman–Crippen MR) is 67.6 cm³/mol. The Kier molecular flexibility index (Phi) is 5.41. The van der Waals surface area contributed by atoms with Gasteiger partial charge in [0.1, 0.15) is 17.5 Å². The summed E-state index contributed by atoms with van der Waals surface area (Å²) in [6.07, 6.45) is 3.07. The van der Waals surface area contributed by atoms with Crippen LogP contribution in [0.4, 0.5) is 8.78 Å². The van der Waals surface area contributed by atoms with Gasteiger partial charge >= 0.3 is 0 Å². The van der Waals surface area contributed by atoms with Gasteiger partial charge in [-0.15, -0.1) is 11.8 Å². The van der Waals surface area contributed by atoms with Crippen LogP contribution < -0.4 is 5.73 Å². The van der Waals surface area contributed by atoms with E-state index < -0.39 is 11.6 Å². The predicted octanol–water partition coefficient (Wildman–Crippen LogP) is 3.53. The van der Waals surface area contributed by atoms with Crippen molar-refractivity contribution < 1.29 is 8.78 Å². The third kappa shape index (κ3) is 4.00. The van der Waals surface area contributed by atoms with Gasteiger partial charge in [-0.25, -0.2) is 8.78 Å². The molecule has 1 rings (SSSR count). The largest absolute Gasteiger partial charge is 0.384 e. The van der Waals surface area contributed by atoms with E-state index in [0.717, 1.165) is 31.4 Å². The second-order valence-corrected chi connectivity index (χ2v) is 4.84. The molecule has 0 spiro atoms. The van der Waals surface area contributed by atoms with Crippen molar-refractivity contribution in [1.82, 2.24) is 0 Å². The maximum Gasteiger partial charge on any atom is 0.140 e. The molecule has 0 aliphatic heterocycles. The molecule has 0 saturated heterocycles. The molecule has 0 aromatic heterocycles. The Morgan fingerprint density at radius 3 is 2.35 bits per heavy atom. The molecule has 5 heteroatoms. The van der Waals surface area contributed by atoms with Gasteiger partial charge < -0.3 is 5.73 Å². The molecular weight excluding hydrogens is 242 g/mol. The van der Waals surface area contributed by atoms with E-state index in [1.54, 1.807) is 0 Å². The van der Waals surface area contributed by atoms with Gasteiger partial charge in [0.2, 0.25) is 0 Å². The maximum absolute atomic E-state index is 13.6. The first-order chi connectivity index (χ1) is 8.06. The molecule has 17 heavy (non-hydrogen) atoms. The van der Waals surface area contributed by atoms with E-state index in [4.69, 9.17) is 11.1 Å². The number of benzene rings is 1. The fourth-order valence-electron chi connectivity index (χ4n) is 1.38. The van der Waals surface area contributed by atoms with Crippen molar-refractivity contribution in [2.75, 3.05) is 5.75 Å². The van der Waals surface area contributed by atoms with E-state index in [9.17, 15) is 8.78 Å². The average molecular weight is 258 g/mol. The Bertz CT molecular complexity index is 384. The van der Waals surface area contributed by atoms with Crippen molar-refractivity contribution in [3.8, 4) is 0 Å². The molecule has 1 aromatic rings. The second-order valence-electron chi connectivity index (χ2n) is 3.74. The van der Waals surface area contributed by atoms with Gasteiger partial charge in [0.25, 0.3) is 0 Å². The molecule has 0 bridgehead atoms. The maximum atomic E-state index is 13.6. The number of nitrogens with two attached hydrogens (primary N) is 1. The van der Waals surface area contributed by atoms with Crippen molar-refractivity contribution >= 4 is 17.6 Å². The lowest BCUT2D eigenvalue weighted by molar-refractivity contribution is 0.540. The van der Waals surface area contributed by atoms with Crippen LogP contribution in [0.2, 0.25) is 0 Å². The van der Waals surface area contributed by atoms with Gasteiger partial charge in [-0.1, -0.05) is 19.8 Å². The molecule has 1 aromatic carbocycles. The van der Waals surface area contributed by atoms with Crippen LogP contribution >= 0.6 is 11.8 Å². The fraction of sp³-hybridized carbons (Fsp3) is 0.417. The van der Waals surface area contributed by atoms with Gasteiger partial charge in [-0.3, -0.25) is 5.41 Å². The lowest BCUT2D eigenvalue weighted by Gasteiger charge is -2.07. The minimum Gasteiger partial charge on any atom is -0.384 e. The summed E-state index contributed by atoms with van der Waals surface area (Å²) in [5.74, 6) is -0.917. The normalized spacial score (nSPS) is 10.5. The molecule has 0 atom stereocenters. The van der Waals surface area contributed by atoms with Crippen LogP contribution in [0.5, 0.6) is 0 Å². The van der Waals surface area contributed by atoms with Crippen LogP contribution in [-0.4, -0.2) is 11.6 Å². The van der Waals surface area contributed by atoms with Crippen molar-refractivity contribution in [1.29, 1.82) is 5.41 Å². The SMILES string of the molecule is CCCCCSc1c(F)cc(C(=N)N)cc1F. The Balaban J connectivity index is 2.76. The molecule has 0 fully saturated rings. The van der Waals surface area contributed by atoms with Crippen LogP contribution in [0.3, 0.4) is 0 Å². The lowest BCUT2D eigenvalue weighted by Crippen LogP contribution is -2.12. The first-order valence-electron chi connectivity index (χ1n) is 5.52. The minimum absolute atomic E-state index is 0.0195. The van der Waals surface area contributed by atoms with Crippen molar-refractivity contribution in [2.24, 2.45) is 5.73 Å². The van der Waals surface area contributed by atoms with E-state index in [1.165, 1.54) is 11.8 Å². The van der Waals surface area contributed by atoms with Gasteiger partial charge in [0.15, 0.2) is 0 Å². The molecule has 0 aliphatic carbocycles. The smallest absolute Gasteiger partial charge is 0.140 e. The zero-order valence-electron chi connectivity index (χ0n) is 9.72. The number of unbranched alkanes of at least 4 members (excludes halogenated alkanes) is 2. The lowest BCUT2D eigenvalue weighted by atomic mass is 10.2. The molecule has 0 radical (unpaired) electrons. The Morgan fingerprint density at radius 1 is 1.29 bits per heavy atom. The molecule has 0 aliphatic rings. The summed E-state index contributed by atoms with van der Waals surface area (Å²) in [5.41, 5.74) is 5.27. The molecule has 0 heterocycles. The highest BCUT2D eigenvalue weighted by Crippen LogP contribution is 2.27. The number of nitrogens with one attached hydrogen (secondary N) is 1. The molecule has 94 valence electrons. The van der Waals surface area contributed by atoms with Crippen LogP contribution in [0.15, 0.2) is 17.0 Å².